The first-order valence-corrected chi connectivity index (χ1v) is 9.70. The minimum atomic E-state index is -0.135. The summed E-state index contributed by atoms with van der Waals surface area (Å²) >= 11 is 1.17. The van der Waals surface area contributed by atoms with Gasteiger partial charge in [-0.15, -0.1) is 10.2 Å². The monoisotopic (exact) mass is 415 g/mol. The van der Waals surface area contributed by atoms with Gasteiger partial charge in [0, 0.05) is 12.1 Å². The summed E-state index contributed by atoms with van der Waals surface area (Å²) in [5.41, 5.74) is 1.65. The van der Waals surface area contributed by atoms with Gasteiger partial charge >= 0.3 is 0 Å². The molecule has 1 aromatic heterocycles. The van der Waals surface area contributed by atoms with Crippen LogP contribution in [0.4, 0.5) is 0 Å². The van der Waals surface area contributed by atoms with Crippen LogP contribution in [0.3, 0.4) is 0 Å². The molecule has 0 aliphatic carbocycles. The number of thioether (sulfide) groups is 1. The highest BCUT2D eigenvalue weighted by molar-refractivity contribution is 7.99. The zero-order valence-electron chi connectivity index (χ0n) is 16.3. The maximum Gasteiger partial charge on any atom is 0.277 e. The Morgan fingerprint density at radius 3 is 2.62 bits per heavy atom. The lowest BCUT2D eigenvalue weighted by Gasteiger charge is -2.07. The van der Waals surface area contributed by atoms with Crippen LogP contribution in [0.25, 0.3) is 11.5 Å². The topological polar surface area (TPSA) is 95.7 Å². The molecule has 1 heterocycles. The van der Waals surface area contributed by atoms with Crippen molar-refractivity contribution in [1.82, 2.24) is 15.5 Å². The summed E-state index contributed by atoms with van der Waals surface area (Å²) in [5.74, 6) is 2.29. The number of hydrogen-bond acceptors (Lipinski definition) is 8. The second kappa shape index (κ2) is 9.83. The van der Waals surface area contributed by atoms with Crippen LogP contribution in [0, 0.1) is 0 Å². The van der Waals surface area contributed by atoms with Gasteiger partial charge in [0.15, 0.2) is 11.5 Å². The third-order valence-electron chi connectivity index (χ3n) is 3.99. The molecule has 0 fully saturated rings. The van der Waals surface area contributed by atoms with Crippen LogP contribution in [-0.4, -0.2) is 43.2 Å². The van der Waals surface area contributed by atoms with Crippen molar-refractivity contribution in [2.24, 2.45) is 0 Å². The van der Waals surface area contributed by atoms with Gasteiger partial charge in [0.05, 0.1) is 27.1 Å². The van der Waals surface area contributed by atoms with Crippen molar-refractivity contribution in [3.05, 3.63) is 48.0 Å². The van der Waals surface area contributed by atoms with Gasteiger partial charge in [0.1, 0.15) is 5.75 Å². The van der Waals surface area contributed by atoms with E-state index in [1.807, 2.05) is 24.3 Å². The fourth-order valence-electron chi connectivity index (χ4n) is 2.52. The number of benzene rings is 2. The van der Waals surface area contributed by atoms with E-state index >= 15 is 0 Å². The molecule has 0 atom stereocenters. The van der Waals surface area contributed by atoms with Crippen LogP contribution in [0.5, 0.6) is 17.2 Å². The molecule has 3 rings (SSSR count). The summed E-state index contributed by atoms with van der Waals surface area (Å²) < 4.78 is 21.3. The van der Waals surface area contributed by atoms with Crippen LogP contribution in [0.2, 0.25) is 0 Å². The first-order chi connectivity index (χ1) is 14.1. The zero-order valence-corrected chi connectivity index (χ0v) is 17.1. The average Bonchev–Trinajstić information content (AvgIpc) is 3.25. The van der Waals surface area contributed by atoms with E-state index in [1.54, 1.807) is 39.5 Å². The molecular weight excluding hydrogens is 394 g/mol. The van der Waals surface area contributed by atoms with Crippen LogP contribution in [0.15, 0.2) is 52.1 Å². The number of methoxy groups -OCH3 is 3. The molecule has 0 saturated carbocycles. The predicted molar refractivity (Wildman–Crippen MR) is 108 cm³/mol. The quantitative estimate of drug-likeness (QED) is 0.533. The number of amides is 1. The number of rotatable bonds is 9. The van der Waals surface area contributed by atoms with Crippen LogP contribution < -0.4 is 19.5 Å². The van der Waals surface area contributed by atoms with E-state index in [0.717, 1.165) is 11.3 Å². The molecule has 1 amide bonds. The van der Waals surface area contributed by atoms with E-state index in [0.29, 0.717) is 34.7 Å². The van der Waals surface area contributed by atoms with E-state index in [-0.39, 0.29) is 11.7 Å². The molecule has 9 heteroatoms. The van der Waals surface area contributed by atoms with Gasteiger partial charge in [0.25, 0.3) is 5.22 Å². The minimum Gasteiger partial charge on any atom is -0.497 e. The Bertz CT molecular complexity index is 976. The Hall–Kier alpha value is -3.20. The standard InChI is InChI=1S/C20H21N3O5S/c1-25-15-6-4-5-13(9-15)11-21-18(24)12-29-20-23-22-19(28-20)14-7-8-16(26-2)17(10-14)27-3/h4-10H,11-12H2,1-3H3,(H,21,24). The number of carbonyl (C=O) groups excluding carboxylic acids is 1. The van der Waals surface area contributed by atoms with Crippen molar-refractivity contribution in [3.8, 4) is 28.7 Å². The van der Waals surface area contributed by atoms with Crippen molar-refractivity contribution in [1.29, 1.82) is 0 Å². The number of aromatic nitrogens is 2. The Morgan fingerprint density at radius 1 is 1.03 bits per heavy atom. The second-order valence-electron chi connectivity index (χ2n) is 5.86. The molecular formula is C20H21N3O5S. The molecule has 0 bridgehead atoms. The molecule has 8 nitrogen and oxygen atoms in total. The van der Waals surface area contributed by atoms with E-state index in [2.05, 4.69) is 15.5 Å². The largest absolute Gasteiger partial charge is 0.497 e. The van der Waals surface area contributed by atoms with Crippen LogP contribution in [0.1, 0.15) is 5.56 Å². The van der Waals surface area contributed by atoms with E-state index in [9.17, 15) is 4.79 Å². The summed E-state index contributed by atoms with van der Waals surface area (Å²) in [4.78, 5) is 12.1. The summed E-state index contributed by atoms with van der Waals surface area (Å²) in [6.45, 7) is 0.414. The van der Waals surface area contributed by atoms with Gasteiger partial charge in [-0.2, -0.15) is 0 Å². The zero-order chi connectivity index (χ0) is 20.6. The highest BCUT2D eigenvalue weighted by Crippen LogP contribution is 2.32. The lowest BCUT2D eigenvalue weighted by molar-refractivity contribution is -0.118. The Balaban J connectivity index is 1.54. The normalized spacial score (nSPS) is 10.4. The van der Waals surface area contributed by atoms with Crippen molar-refractivity contribution in [2.45, 2.75) is 11.8 Å². The molecule has 0 spiro atoms. The lowest BCUT2D eigenvalue weighted by Crippen LogP contribution is -2.24. The molecule has 29 heavy (non-hydrogen) atoms. The van der Waals surface area contributed by atoms with Gasteiger partial charge in [-0.1, -0.05) is 23.9 Å². The molecule has 0 saturated heterocycles. The fraction of sp³-hybridized carbons (Fsp3) is 0.250. The number of ether oxygens (including phenoxy) is 3. The van der Waals surface area contributed by atoms with Gasteiger partial charge in [0.2, 0.25) is 11.8 Å². The molecule has 1 N–H and O–H groups in total. The number of nitrogens with one attached hydrogen (secondary N) is 1. The first-order valence-electron chi connectivity index (χ1n) is 8.71. The van der Waals surface area contributed by atoms with Gasteiger partial charge < -0.3 is 23.9 Å². The molecule has 2 aromatic carbocycles. The summed E-state index contributed by atoms with van der Waals surface area (Å²) in [6, 6.07) is 12.8. The van der Waals surface area contributed by atoms with Crippen LogP contribution >= 0.6 is 11.8 Å². The number of carbonyl (C=O) groups is 1. The average molecular weight is 415 g/mol. The second-order valence-corrected chi connectivity index (χ2v) is 6.79. The third-order valence-corrected chi connectivity index (χ3v) is 4.81. The van der Waals surface area contributed by atoms with Gasteiger partial charge in [-0.3, -0.25) is 4.79 Å². The maximum absolute atomic E-state index is 12.1. The molecule has 0 aliphatic rings. The molecule has 3 aromatic rings. The highest BCUT2D eigenvalue weighted by Gasteiger charge is 2.13. The molecule has 0 unspecified atom stereocenters. The molecule has 0 aliphatic heterocycles. The third kappa shape index (κ3) is 5.41. The van der Waals surface area contributed by atoms with Crippen molar-refractivity contribution >= 4 is 17.7 Å². The Labute approximate surface area is 172 Å². The van der Waals surface area contributed by atoms with E-state index in [4.69, 9.17) is 18.6 Å². The minimum absolute atomic E-state index is 0.135. The predicted octanol–water partition coefficient (Wildman–Crippen LogP) is 3.17. The van der Waals surface area contributed by atoms with Gasteiger partial charge in [-0.25, -0.2) is 0 Å². The molecule has 152 valence electrons. The van der Waals surface area contributed by atoms with Crippen molar-refractivity contribution < 1.29 is 23.4 Å². The lowest BCUT2D eigenvalue weighted by atomic mass is 10.2. The smallest absolute Gasteiger partial charge is 0.277 e. The SMILES string of the molecule is COc1cccc(CNC(=O)CSc2nnc(-c3ccc(OC)c(OC)c3)o2)c1. The molecule has 0 radical (unpaired) electrons. The Kier molecular flexibility index (Phi) is 6.96. The summed E-state index contributed by atoms with van der Waals surface area (Å²) in [5, 5.41) is 11.2. The van der Waals surface area contributed by atoms with E-state index in [1.165, 1.54) is 11.8 Å². The van der Waals surface area contributed by atoms with Gasteiger partial charge in [-0.05, 0) is 35.9 Å². The Morgan fingerprint density at radius 2 is 1.86 bits per heavy atom. The van der Waals surface area contributed by atoms with E-state index < -0.39 is 0 Å². The summed E-state index contributed by atoms with van der Waals surface area (Å²) in [6.07, 6.45) is 0. The number of nitrogens with zero attached hydrogens (tertiary/aromatic N) is 2. The number of hydrogen-bond donors (Lipinski definition) is 1. The van der Waals surface area contributed by atoms with Crippen molar-refractivity contribution in [2.75, 3.05) is 27.1 Å². The highest BCUT2D eigenvalue weighted by atomic mass is 32.2. The fourth-order valence-corrected chi connectivity index (χ4v) is 3.11. The summed E-state index contributed by atoms with van der Waals surface area (Å²) in [7, 11) is 4.73. The first kappa shape index (κ1) is 20.5. The van der Waals surface area contributed by atoms with Crippen LogP contribution in [-0.2, 0) is 11.3 Å². The van der Waals surface area contributed by atoms with Crippen molar-refractivity contribution in [3.63, 3.8) is 0 Å². The maximum atomic E-state index is 12.1.